The molecule has 0 aromatic carbocycles. The van der Waals surface area contributed by atoms with Gasteiger partial charge in [0.2, 0.25) is 0 Å². The van der Waals surface area contributed by atoms with Crippen LogP contribution < -0.4 is 0 Å². The summed E-state index contributed by atoms with van der Waals surface area (Å²) < 4.78 is 1.64. The molecule has 6 heteroatoms. The van der Waals surface area contributed by atoms with Gasteiger partial charge in [-0.25, -0.2) is 9.67 Å². The van der Waals surface area contributed by atoms with Crippen LogP contribution in [0.2, 0.25) is 0 Å². The Hall–Kier alpha value is -2.47. The zero-order chi connectivity index (χ0) is 15.5. The van der Waals surface area contributed by atoms with Crippen molar-refractivity contribution in [2.45, 2.75) is 13.0 Å². The number of amides is 1. The van der Waals surface area contributed by atoms with Crippen molar-refractivity contribution in [2.75, 3.05) is 7.05 Å². The maximum absolute atomic E-state index is 12.6. The molecule has 0 spiro atoms. The quantitative estimate of drug-likeness (QED) is 0.743. The van der Waals surface area contributed by atoms with E-state index in [9.17, 15) is 4.79 Å². The molecule has 0 bridgehead atoms. The molecule has 0 saturated heterocycles. The van der Waals surface area contributed by atoms with Gasteiger partial charge >= 0.3 is 0 Å². The first-order valence-electron chi connectivity index (χ1n) is 6.94. The fourth-order valence-corrected chi connectivity index (χ4v) is 2.98. The minimum absolute atomic E-state index is 0.0164. The van der Waals surface area contributed by atoms with E-state index in [1.54, 1.807) is 46.4 Å². The normalized spacial score (nSPS) is 12.1. The number of hydrogen-bond donors (Lipinski definition) is 0. The van der Waals surface area contributed by atoms with Crippen molar-refractivity contribution >= 4 is 17.2 Å². The molecule has 0 N–H and O–H groups in total. The van der Waals surface area contributed by atoms with Crippen molar-refractivity contribution in [1.82, 2.24) is 19.7 Å². The summed E-state index contributed by atoms with van der Waals surface area (Å²) in [7, 11) is 1.80. The molecule has 1 amide bonds. The Labute approximate surface area is 132 Å². The van der Waals surface area contributed by atoms with Gasteiger partial charge in [-0.05, 0) is 36.6 Å². The maximum Gasteiger partial charge on any atom is 0.272 e. The highest BCUT2D eigenvalue weighted by Crippen LogP contribution is 2.24. The molecule has 1 unspecified atom stereocenters. The Morgan fingerprint density at radius 3 is 2.82 bits per heavy atom. The first-order valence-corrected chi connectivity index (χ1v) is 7.82. The van der Waals surface area contributed by atoms with Gasteiger partial charge in [0, 0.05) is 24.3 Å². The van der Waals surface area contributed by atoms with Gasteiger partial charge in [-0.2, -0.15) is 5.10 Å². The third-order valence-corrected chi connectivity index (χ3v) is 4.59. The van der Waals surface area contributed by atoms with E-state index in [4.69, 9.17) is 0 Å². The lowest BCUT2D eigenvalue weighted by Crippen LogP contribution is -2.30. The molecule has 0 aliphatic heterocycles. The number of aromatic nitrogens is 3. The van der Waals surface area contributed by atoms with Crippen molar-refractivity contribution in [2.24, 2.45) is 0 Å². The van der Waals surface area contributed by atoms with Crippen LogP contribution in [0, 0.1) is 0 Å². The second kappa shape index (κ2) is 6.11. The van der Waals surface area contributed by atoms with Crippen LogP contribution in [-0.4, -0.2) is 32.6 Å². The van der Waals surface area contributed by atoms with E-state index in [0.29, 0.717) is 11.5 Å². The smallest absolute Gasteiger partial charge is 0.272 e. The number of hydrogen-bond acceptors (Lipinski definition) is 4. The van der Waals surface area contributed by atoms with Crippen LogP contribution in [0.4, 0.5) is 0 Å². The third-order valence-electron chi connectivity index (χ3n) is 3.55. The summed E-state index contributed by atoms with van der Waals surface area (Å²) >= 11 is 1.64. The molecule has 3 rings (SSSR count). The Morgan fingerprint density at radius 1 is 1.27 bits per heavy atom. The average Bonchev–Trinajstić information content (AvgIpc) is 3.25. The van der Waals surface area contributed by atoms with Gasteiger partial charge in [-0.1, -0.05) is 12.1 Å². The lowest BCUT2D eigenvalue weighted by atomic mass is 10.2. The summed E-state index contributed by atoms with van der Waals surface area (Å²) in [6, 6.07) is 11.2. The van der Waals surface area contributed by atoms with Gasteiger partial charge in [-0.3, -0.25) is 4.79 Å². The minimum Gasteiger partial charge on any atom is -0.333 e. The summed E-state index contributed by atoms with van der Waals surface area (Å²) in [6.45, 7) is 2.01. The molecular weight excluding hydrogens is 296 g/mol. The van der Waals surface area contributed by atoms with E-state index in [2.05, 4.69) is 10.1 Å². The number of carbonyl (C=O) groups excluding carboxylic acids is 1. The van der Waals surface area contributed by atoms with Crippen LogP contribution in [0.1, 0.15) is 28.3 Å². The predicted octanol–water partition coefficient (Wildman–Crippen LogP) is 3.16. The minimum atomic E-state index is -0.102. The Morgan fingerprint density at radius 2 is 2.14 bits per heavy atom. The van der Waals surface area contributed by atoms with Crippen molar-refractivity contribution in [3.05, 3.63) is 64.7 Å². The molecule has 0 radical (unpaired) electrons. The van der Waals surface area contributed by atoms with E-state index >= 15 is 0 Å². The molecule has 3 heterocycles. The van der Waals surface area contributed by atoms with Crippen LogP contribution in [0.25, 0.3) is 5.82 Å². The predicted molar refractivity (Wildman–Crippen MR) is 86.2 cm³/mol. The summed E-state index contributed by atoms with van der Waals surface area (Å²) in [4.78, 5) is 19.9. The molecule has 1 atom stereocenters. The Balaban J connectivity index is 1.84. The van der Waals surface area contributed by atoms with Crippen molar-refractivity contribution in [3.63, 3.8) is 0 Å². The number of carbonyl (C=O) groups is 1. The van der Waals surface area contributed by atoms with E-state index in [0.717, 1.165) is 4.88 Å². The molecule has 112 valence electrons. The van der Waals surface area contributed by atoms with Crippen molar-refractivity contribution in [3.8, 4) is 5.82 Å². The molecule has 22 heavy (non-hydrogen) atoms. The highest BCUT2D eigenvalue weighted by molar-refractivity contribution is 7.10. The Kier molecular flexibility index (Phi) is 4.02. The molecule has 3 aromatic rings. The molecule has 0 saturated carbocycles. The molecular formula is C16H16N4OS. The SMILES string of the molecule is CC(c1cccs1)N(C)C(=O)c1cccc(-n2cccn2)n1. The standard InChI is InChI=1S/C16H16N4OS/c1-12(14-7-4-11-22-14)19(2)16(21)13-6-3-8-15(18-13)20-10-5-9-17-20/h3-12H,1-2H3. The highest BCUT2D eigenvalue weighted by Gasteiger charge is 2.20. The van der Waals surface area contributed by atoms with Gasteiger partial charge in [-0.15, -0.1) is 11.3 Å². The molecule has 3 aromatic heterocycles. The first kappa shape index (κ1) is 14.5. The molecule has 5 nitrogen and oxygen atoms in total. The van der Waals surface area contributed by atoms with Crippen LogP contribution in [-0.2, 0) is 0 Å². The fourth-order valence-electron chi connectivity index (χ4n) is 2.15. The van der Waals surface area contributed by atoms with Gasteiger partial charge < -0.3 is 4.90 Å². The summed E-state index contributed by atoms with van der Waals surface area (Å²) in [5.74, 6) is 0.530. The lowest BCUT2D eigenvalue weighted by molar-refractivity contribution is 0.0739. The second-order valence-electron chi connectivity index (χ2n) is 4.94. The lowest BCUT2D eigenvalue weighted by Gasteiger charge is -2.23. The molecule has 0 aliphatic rings. The van der Waals surface area contributed by atoms with Gasteiger partial charge in [0.15, 0.2) is 5.82 Å². The first-order chi connectivity index (χ1) is 10.7. The third kappa shape index (κ3) is 2.78. The van der Waals surface area contributed by atoms with Gasteiger partial charge in [0.05, 0.1) is 6.04 Å². The highest BCUT2D eigenvalue weighted by atomic mass is 32.1. The molecule has 0 aliphatic carbocycles. The maximum atomic E-state index is 12.6. The second-order valence-corrected chi connectivity index (χ2v) is 5.92. The monoisotopic (exact) mass is 312 g/mol. The van der Waals surface area contributed by atoms with Crippen LogP contribution in [0.5, 0.6) is 0 Å². The van der Waals surface area contributed by atoms with E-state index in [1.807, 2.05) is 42.6 Å². The zero-order valence-corrected chi connectivity index (χ0v) is 13.2. The fraction of sp³-hybridized carbons (Fsp3) is 0.188. The largest absolute Gasteiger partial charge is 0.333 e. The number of thiophene rings is 1. The van der Waals surface area contributed by atoms with Gasteiger partial charge in [0.1, 0.15) is 5.69 Å². The van der Waals surface area contributed by atoms with Gasteiger partial charge in [0.25, 0.3) is 5.91 Å². The van der Waals surface area contributed by atoms with Crippen LogP contribution >= 0.6 is 11.3 Å². The van der Waals surface area contributed by atoms with Crippen LogP contribution in [0.3, 0.4) is 0 Å². The van der Waals surface area contributed by atoms with Crippen LogP contribution in [0.15, 0.2) is 54.2 Å². The van der Waals surface area contributed by atoms with Crippen molar-refractivity contribution < 1.29 is 4.79 Å². The molecule has 0 fully saturated rings. The zero-order valence-electron chi connectivity index (χ0n) is 12.4. The number of nitrogens with zero attached hydrogens (tertiary/aromatic N) is 4. The van der Waals surface area contributed by atoms with E-state index in [-0.39, 0.29) is 11.9 Å². The summed E-state index contributed by atoms with van der Waals surface area (Å²) in [5, 5.41) is 6.15. The summed E-state index contributed by atoms with van der Waals surface area (Å²) in [6.07, 6.45) is 3.48. The Bertz CT molecular complexity index is 752. The van der Waals surface area contributed by atoms with E-state index in [1.165, 1.54) is 0 Å². The number of pyridine rings is 1. The topological polar surface area (TPSA) is 51.0 Å². The average molecular weight is 312 g/mol. The number of rotatable bonds is 4. The van der Waals surface area contributed by atoms with E-state index < -0.39 is 0 Å². The van der Waals surface area contributed by atoms with Crippen molar-refractivity contribution in [1.29, 1.82) is 0 Å². The summed E-state index contributed by atoms with van der Waals surface area (Å²) in [5.41, 5.74) is 0.416.